The van der Waals surface area contributed by atoms with E-state index in [1.807, 2.05) is 42.5 Å². The van der Waals surface area contributed by atoms with Crippen LogP contribution in [0.2, 0.25) is 0 Å². The number of amides is 2. The standard InChI is InChI=1S/C22H19BrN2O4/c1-28-19-10-6-5-9-17(19)22(27)25-24-21(26)14-29-20-12-11-16(13-18(20)23)15-7-3-2-4-8-15/h2-13H,14H2,1H3,(H,24,26)(H,25,27). The number of benzene rings is 3. The zero-order valence-corrected chi connectivity index (χ0v) is 17.2. The molecular formula is C22H19BrN2O4. The summed E-state index contributed by atoms with van der Waals surface area (Å²) in [5.41, 5.74) is 7.09. The van der Waals surface area contributed by atoms with Gasteiger partial charge in [0.1, 0.15) is 11.5 Å². The Morgan fingerprint density at radius 2 is 1.59 bits per heavy atom. The van der Waals surface area contributed by atoms with Crippen LogP contribution >= 0.6 is 15.9 Å². The second kappa shape index (κ2) is 9.75. The number of methoxy groups -OCH3 is 1. The molecule has 6 nitrogen and oxygen atoms in total. The molecule has 0 saturated carbocycles. The topological polar surface area (TPSA) is 76.7 Å². The summed E-state index contributed by atoms with van der Waals surface area (Å²) >= 11 is 3.46. The Labute approximate surface area is 176 Å². The highest BCUT2D eigenvalue weighted by molar-refractivity contribution is 9.10. The molecule has 0 atom stereocenters. The van der Waals surface area contributed by atoms with Gasteiger partial charge in [0.15, 0.2) is 6.61 Å². The number of rotatable bonds is 6. The first-order chi connectivity index (χ1) is 14.1. The fourth-order valence-corrected chi connectivity index (χ4v) is 3.13. The second-order valence-electron chi connectivity index (χ2n) is 6.00. The van der Waals surface area contributed by atoms with Gasteiger partial charge in [-0.15, -0.1) is 0 Å². The number of hydrazine groups is 1. The van der Waals surface area contributed by atoms with Gasteiger partial charge < -0.3 is 9.47 Å². The molecule has 0 saturated heterocycles. The monoisotopic (exact) mass is 454 g/mol. The van der Waals surface area contributed by atoms with Gasteiger partial charge in [-0.1, -0.05) is 48.5 Å². The zero-order valence-electron chi connectivity index (χ0n) is 15.6. The maximum Gasteiger partial charge on any atom is 0.276 e. The van der Waals surface area contributed by atoms with Crippen LogP contribution in [0.5, 0.6) is 11.5 Å². The summed E-state index contributed by atoms with van der Waals surface area (Å²) < 4.78 is 11.4. The van der Waals surface area contributed by atoms with Crippen molar-refractivity contribution in [3.05, 3.63) is 82.8 Å². The van der Waals surface area contributed by atoms with Gasteiger partial charge in [-0.3, -0.25) is 20.4 Å². The third-order valence-electron chi connectivity index (χ3n) is 4.06. The minimum atomic E-state index is -0.493. The van der Waals surface area contributed by atoms with E-state index >= 15 is 0 Å². The molecule has 29 heavy (non-hydrogen) atoms. The van der Waals surface area contributed by atoms with Crippen LogP contribution in [0.1, 0.15) is 10.4 Å². The van der Waals surface area contributed by atoms with E-state index in [0.29, 0.717) is 17.1 Å². The first-order valence-corrected chi connectivity index (χ1v) is 9.58. The van der Waals surface area contributed by atoms with Crippen LogP contribution in [0.25, 0.3) is 11.1 Å². The van der Waals surface area contributed by atoms with Crippen LogP contribution in [-0.2, 0) is 4.79 Å². The Hall–Kier alpha value is -3.32. The van der Waals surface area contributed by atoms with Crippen LogP contribution in [-0.4, -0.2) is 25.5 Å². The van der Waals surface area contributed by atoms with E-state index in [2.05, 4.69) is 26.8 Å². The third kappa shape index (κ3) is 5.36. The van der Waals surface area contributed by atoms with Crippen molar-refractivity contribution < 1.29 is 19.1 Å². The lowest BCUT2D eigenvalue weighted by Gasteiger charge is -2.12. The van der Waals surface area contributed by atoms with E-state index in [4.69, 9.17) is 9.47 Å². The number of ether oxygens (including phenoxy) is 2. The molecule has 0 aromatic heterocycles. The molecule has 2 amide bonds. The summed E-state index contributed by atoms with van der Waals surface area (Å²) in [6, 6.07) is 22.3. The third-order valence-corrected chi connectivity index (χ3v) is 4.68. The molecule has 0 aliphatic heterocycles. The summed E-state index contributed by atoms with van der Waals surface area (Å²) in [6.45, 7) is -0.254. The molecule has 0 spiro atoms. The Kier molecular flexibility index (Phi) is 6.86. The molecule has 3 aromatic rings. The van der Waals surface area contributed by atoms with Crippen LogP contribution in [0, 0.1) is 0 Å². The van der Waals surface area contributed by atoms with E-state index in [-0.39, 0.29) is 6.61 Å². The van der Waals surface area contributed by atoms with Crippen LogP contribution in [0.3, 0.4) is 0 Å². The first-order valence-electron chi connectivity index (χ1n) is 8.78. The van der Waals surface area contributed by atoms with Crippen molar-refractivity contribution in [1.82, 2.24) is 10.9 Å². The molecule has 0 aliphatic carbocycles. The fourth-order valence-electron chi connectivity index (χ4n) is 2.63. The lowest BCUT2D eigenvalue weighted by Crippen LogP contribution is -2.43. The van der Waals surface area contributed by atoms with Crippen LogP contribution in [0.4, 0.5) is 0 Å². The Morgan fingerprint density at radius 3 is 2.31 bits per heavy atom. The maximum atomic E-state index is 12.2. The Morgan fingerprint density at radius 1 is 0.862 bits per heavy atom. The molecule has 3 aromatic carbocycles. The zero-order chi connectivity index (χ0) is 20.6. The van der Waals surface area contributed by atoms with Gasteiger partial charge in [0, 0.05) is 0 Å². The summed E-state index contributed by atoms with van der Waals surface area (Å²) in [4.78, 5) is 24.2. The number of nitrogens with one attached hydrogen (secondary N) is 2. The summed E-state index contributed by atoms with van der Waals surface area (Å²) in [5.74, 6) is -0.0368. The summed E-state index contributed by atoms with van der Waals surface area (Å²) in [7, 11) is 1.47. The highest BCUT2D eigenvalue weighted by Crippen LogP contribution is 2.30. The molecule has 0 fully saturated rings. The smallest absolute Gasteiger partial charge is 0.276 e. The largest absolute Gasteiger partial charge is 0.496 e. The van der Waals surface area contributed by atoms with Crippen molar-refractivity contribution in [3.8, 4) is 22.6 Å². The van der Waals surface area contributed by atoms with Crippen molar-refractivity contribution in [3.63, 3.8) is 0 Å². The molecular weight excluding hydrogens is 436 g/mol. The minimum absolute atomic E-state index is 0.254. The van der Waals surface area contributed by atoms with Crippen molar-refractivity contribution in [2.24, 2.45) is 0 Å². The maximum absolute atomic E-state index is 12.2. The van der Waals surface area contributed by atoms with Gasteiger partial charge in [0.25, 0.3) is 11.8 Å². The van der Waals surface area contributed by atoms with Gasteiger partial charge in [-0.25, -0.2) is 0 Å². The lowest BCUT2D eigenvalue weighted by atomic mass is 10.1. The van der Waals surface area contributed by atoms with Crippen molar-refractivity contribution in [2.45, 2.75) is 0 Å². The fraction of sp³-hybridized carbons (Fsp3) is 0.0909. The molecule has 3 rings (SSSR count). The van der Waals surface area contributed by atoms with E-state index in [1.165, 1.54) is 7.11 Å². The van der Waals surface area contributed by atoms with Crippen LogP contribution < -0.4 is 20.3 Å². The number of carbonyl (C=O) groups is 2. The predicted molar refractivity (Wildman–Crippen MR) is 114 cm³/mol. The van der Waals surface area contributed by atoms with E-state index < -0.39 is 11.8 Å². The SMILES string of the molecule is COc1ccccc1C(=O)NNC(=O)COc1ccc(-c2ccccc2)cc1Br. The predicted octanol–water partition coefficient (Wildman–Crippen LogP) is 3.96. The van der Waals surface area contributed by atoms with Gasteiger partial charge in [0.2, 0.25) is 0 Å². The highest BCUT2D eigenvalue weighted by atomic mass is 79.9. The number of halogens is 1. The number of hydrogen-bond donors (Lipinski definition) is 2. The van der Waals surface area contributed by atoms with Crippen molar-refractivity contribution in [2.75, 3.05) is 13.7 Å². The van der Waals surface area contributed by atoms with Gasteiger partial charge in [0.05, 0.1) is 17.1 Å². The van der Waals surface area contributed by atoms with Gasteiger partial charge in [-0.05, 0) is 51.3 Å². The average molecular weight is 455 g/mol. The summed E-state index contributed by atoms with van der Waals surface area (Å²) in [6.07, 6.45) is 0. The van der Waals surface area contributed by atoms with Gasteiger partial charge >= 0.3 is 0 Å². The van der Waals surface area contributed by atoms with Gasteiger partial charge in [-0.2, -0.15) is 0 Å². The number of carbonyl (C=O) groups excluding carboxylic acids is 2. The Bertz CT molecular complexity index is 1010. The first kappa shape index (κ1) is 20.4. The molecule has 0 unspecified atom stereocenters. The Balaban J connectivity index is 1.53. The normalized spacial score (nSPS) is 10.1. The molecule has 0 bridgehead atoms. The quantitative estimate of drug-likeness (QED) is 0.552. The highest BCUT2D eigenvalue weighted by Gasteiger charge is 2.13. The van der Waals surface area contributed by atoms with E-state index in [9.17, 15) is 9.59 Å². The number of para-hydroxylation sites is 1. The summed E-state index contributed by atoms with van der Waals surface area (Å²) in [5, 5.41) is 0. The second-order valence-corrected chi connectivity index (χ2v) is 6.86. The molecule has 148 valence electrons. The lowest BCUT2D eigenvalue weighted by molar-refractivity contribution is -0.123. The molecule has 0 heterocycles. The van der Waals surface area contributed by atoms with Crippen molar-refractivity contribution in [1.29, 1.82) is 0 Å². The minimum Gasteiger partial charge on any atom is -0.496 e. The van der Waals surface area contributed by atoms with Crippen LogP contribution in [0.15, 0.2) is 77.3 Å². The van der Waals surface area contributed by atoms with E-state index in [1.54, 1.807) is 30.3 Å². The molecule has 0 radical (unpaired) electrons. The average Bonchev–Trinajstić information content (AvgIpc) is 2.77. The number of hydrogen-bond acceptors (Lipinski definition) is 4. The molecule has 2 N–H and O–H groups in total. The van der Waals surface area contributed by atoms with E-state index in [0.717, 1.165) is 15.6 Å². The van der Waals surface area contributed by atoms with Crippen molar-refractivity contribution >= 4 is 27.7 Å². The molecule has 7 heteroatoms. The molecule has 0 aliphatic rings.